The molecular weight excluding hydrogens is 764 g/mol. The van der Waals surface area contributed by atoms with E-state index < -0.39 is 8.07 Å². The van der Waals surface area contributed by atoms with Crippen LogP contribution in [0.25, 0.3) is 21.5 Å². The number of hydrogen-bond acceptors (Lipinski definition) is 2. The second-order valence-electron chi connectivity index (χ2n) is 15.0. The zero-order valence-electron chi connectivity index (χ0n) is 32.9. The van der Waals surface area contributed by atoms with Crippen LogP contribution >= 0.6 is 11.6 Å². The Kier molecular flexibility index (Phi) is 10.0. The number of rotatable bonds is 10. The fourth-order valence-corrected chi connectivity index (χ4v) is 14.0. The van der Waals surface area contributed by atoms with E-state index in [-0.39, 0.29) is 0 Å². The minimum absolute atomic E-state index is 0.643. The molecule has 0 aliphatic rings. The van der Waals surface area contributed by atoms with Gasteiger partial charge in [0, 0.05) is 22.1 Å². The van der Waals surface area contributed by atoms with Crippen molar-refractivity contribution in [3.8, 4) is 0 Å². The van der Waals surface area contributed by atoms with Crippen molar-refractivity contribution < 1.29 is 0 Å². The zero-order valence-corrected chi connectivity index (χ0v) is 34.7. The summed E-state index contributed by atoms with van der Waals surface area (Å²) in [6.45, 7) is 0. The van der Waals surface area contributed by atoms with Gasteiger partial charge in [-0.3, -0.25) is 0 Å². The third kappa shape index (κ3) is 6.55. The lowest BCUT2D eigenvalue weighted by Crippen LogP contribution is -2.74. The molecule has 0 spiro atoms. The minimum Gasteiger partial charge on any atom is -0.308 e. The van der Waals surface area contributed by atoms with Gasteiger partial charge in [0.15, 0.2) is 8.07 Å². The maximum absolute atomic E-state index is 8.19. The molecule has 60 heavy (non-hydrogen) atoms. The van der Waals surface area contributed by atoms with Gasteiger partial charge in [0.05, 0.1) is 27.8 Å². The Bertz CT molecular complexity index is 2800. The van der Waals surface area contributed by atoms with Crippen molar-refractivity contribution in [2.75, 3.05) is 9.80 Å². The normalized spacial score (nSPS) is 11.4. The highest BCUT2D eigenvalue weighted by Crippen LogP contribution is 2.48. The summed E-state index contributed by atoms with van der Waals surface area (Å²) < 4.78 is 0. The number of benzene rings is 10. The molecule has 0 amide bonds. The second-order valence-corrected chi connectivity index (χ2v) is 19.2. The van der Waals surface area contributed by atoms with Crippen LogP contribution in [-0.4, -0.2) is 8.07 Å². The topological polar surface area (TPSA) is 6.48 Å². The molecule has 0 N–H and O–H groups in total. The summed E-state index contributed by atoms with van der Waals surface area (Å²) in [5.41, 5.74) is 5.92. The van der Waals surface area contributed by atoms with Crippen LogP contribution < -0.4 is 30.5 Å². The first-order chi connectivity index (χ1) is 29.7. The molecule has 0 aliphatic heterocycles. The van der Waals surface area contributed by atoms with Crippen molar-refractivity contribution in [3.05, 3.63) is 254 Å². The number of hydrogen-bond donors (Lipinski definition) is 0. The summed E-state index contributed by atoms with van der Waals surface area (Å²) in [7, 11) is -3.10. The highest BCUT2D eigenvalue weighted by atomic mass is 35.5. The van der Waals surface area contributed by atoms with E-state index in [9.17, 15) is 0 Å². The molecule has 4 heteroatoms. The van der Waals surface area contributed by atoms with Crippen LogP contribution in [0.15, 0.2) is 249 Å². The van der Waals surface area contributed by atoms with Gasteiger partial charge >= 0.3 is 0 Å². The molecule has 0 saturated heterocycles. The van der Waals surface area contributed by atoms with Gasteiger partial charge in [-0.25, -0.2) is 0 Å². The van der Waals surface area contributed by atoms with E-state index in [4.69, 9.17) is 11.6 Å². The van der Waals surface area contributed by atoms with E-state index in [1.165, 1.54) is 20.7 Å². The van der Waals surface area contributed by atoms with Crippen molar-refractivity contribution in [2.45, 2.75) is 0 Å². The molecule has 0 atom stereocenters. The first-order valence-corrected chi connectivity index (χ1v) is 22.8. The molecule has 0 bridgehead atoms. The Hall–Kier alpha value is -7.17. The van der Waals surface area contributed by atoms with E-state index in [2.05, 4.69) is 259 Å². The highest BCUT2D eigenvalue weighted by Gasteiger charge is 2.43. The summed E-state index contributed by atoms with van der Waals surface area (Å²) in [5.74, 6) is 0. The Morgan fingerprint density at radius 2 is 0.600 bits per heavy atom. The predicted molar refractivity (Wildman–Crippen MR) is 259 cm³/mol. The highest BCUT2D eigenvalue weighted by molar-refractivity contribution is 7.20. The minimum atomic E-state index is -3.10. The van der Waals surface area contributed by atoms with Gasteiger partial charge in [0.25, 0.3) is 0 Å². The average molecular weight is 805 g/mol. The van der Waals surface area contributed by atoms with Gasteiger partial charge in [-0.05, 0) is 80.1 Å². The number of nitrogens with zero attached hydrogens (tertiary/aromatic N) is 2. The lowest BCUT2D eigenvalue weighted by molar-refractivity contribution is 1.26. The molecule has 0 aromatic heterocycles. The average Bonchev–Trinajstić information content (AvgIpc) is 3.32. The molecule has 0 aliphatic carbocycles. The van der Waals surface area contributed by atoms with Crippen LogP contribution in [0.2, 0.25) is 5.02 Å². The van der Waals surface area contributed by atoms with Crippen LogP contribution in [-0.2, 0) is 0 Å². The lowest BCUT2D eigenvalue weighted by Gasteiger charge is -2.38. The molecule has 0 saturated carbocycles. The van der Waals surface area contributed by atoms with Crippen LogP contribution in [0.5, 0.6) is 0 Å². The van der Waals surface area contributed by atoms with E-state index >= 15 is 0 Å². The predicted octanol–water partition coefficient (Wildman–Crippen LogP) is 13.0. The zero-order chi connectivity index (χ0) is 40.3. The fourth-order valence-electron chi connectivity index (χ4n) is 8.98. The SMILES string of the molecule is Clc1c(N(c2ccccc2)c2cccc3ccccc23)cc([Si](c2ccccc2)(c2ccccc2)c2ccccc2)cc1N(c1ccccc1)c1cccc2ccccc12. The van der Waals surface area contributed by atoms with Crippen LogP contribution in [0, 0.1) is 0 Å². The summed E-state index contributed by atoms with van der Waals surface area (Å²) in [4.78, 5) is 4.73. The van der Waals surface area contributed by atoms with Gasteiger partial charge in [-0.2, -0.15) is 0 Å². The third-order valence-electron chi connectivity index (χ3n) is 11.6. The van der Waals surface area contributed by atoms with E-state index in [1.807, 2.05) is 0 Å². The van der Waals surface area contributed by atoms with Crippen molar-refractivity contribution in [3.63, 3.8) is 0 Å². The molecule has 10 rings (SSSR count). The van der Waals surface area contributed by atoms with E-state index in [0.717, 1.165) is 55.7 Å². The number of halogens is 1. The smallest absolute Gasteiger partial charge is 0.179 e. The van der Waals surface area contributed by atoms with Gasteiger partial charge in [-0.1, -0.05) is 212 Å². The Morgan fingerprint density at radius 3 is 0.983 bits per heavy atom. The summed E-state index contributed by atoms with van der Waals surface area (Å²) in [6.07, 6.45) is 0. The molecule has 10 aromatic rings. The Labute approximate surface area is 357 Å². The Balaban J connectivity index is 1.40. The molecule has 0 heterocycles. The quantitative estimate of drug-likeness (QED) is 0.100. The third-order valence-corrected chi connectivity index (χ3v) is 16.8. The van der Waals surface area contributed by atoms with Crippen molar-refractivity contribution in [1.82, 2.24) is 0 Å². The standard InChI is InChI=1S/C56H41ClN2Si/c57-56-54(58(44-26-6-1-7-27-44)52-38-20-24-42-22-16-18-36-50(42)52)40-49(60(46-30-10-3-11-31-46,47-32-12-4-13-33-47)48-34-14-5-15-35-48)41-55(56)59(45-28-8-2-9-29-45)53-39-21-25-43-23-17-19-37-51(43)53/h1-41H. The number of fused-ring (bicyclic) bond motifs is 2. The second kappa shape index (κ2) is 16.2. The van der Waals surface area contributed by atoms with Gasteiger partial charge in [0.2, 0.25) is 0 Å². The van der Waals surface area contributed by atoms with Gasteiger partial charge < -0.3 is 9.80 Å². The maximum atomic E-state index is 8.19. The summed E-state index contributed by atoms with van der Waals surface area (Å²) >= 11 is 8.19. The molecule has 10 aromatic carbocycles. The fraction of sp³-hybridized carbons (Fsp3) is 0. The molecule has 0 fully saturated rings. The molecule has 0 radical (unpaired) electrons. The van der Waals surface area contributed by atoms with Crippen LogP contribution in [0.4, 0.5) is 34.1 Å². The first-order valence-electron chi connectivity index (χ1n) is 20.4. The number of para-hydroxylation sites is 2. The summed E-state index contributed by atoms with van der Waals surface area (Å²) in [5, 5.41) is 10.3. The molecule has 286 valence electrons. The van der Waals surface area contributed by atoms with E-state index in [1.54, 1.807) is 0 Å². The van der Waals surface area contributed by atoms with Crippen molar-refractivity contribution in [1.29, 1.82) is 0 Å². The molecule has 2 nitrogen and oxygen atoms in total. The van der Waals surface area contributed by atoms with Gasteiger partial charge in [0.1, 0.15) is 0 Å². The maximum Gasteiger partial charge on any atom is 0.179 e. The Morgan fingerprint density at radius 1 is 0.283 bits per heavy atom. The lowest BCUT2D eigenvalue weighted by atomic mass is 10.0. The monoisotopic (exact) mass is 804 g/mol. The summed E-state index contributed by atoms with van der Waals surface area (Å²) in [6, 6.07) is 89.8. The van der Waals surface area contributed by atoms with E-state index in [0.29, 0.717) is 5.02 Å². The van der Waals surface area contributed by atoms with Crippen molar-refractivity contribution in [2.24, 2.45) is 0 Å². The molecule has 0 unspecified atom stereocenters. The van der Waals surface area contributed by atoms with Crippen LogP contribution in [0.3, 0.4) is 0 Å². The van der Waals surface area contributed by atoms with Crippen molar-refractivity contribution >= 4 is 96.1 Å². The van der Waals surface area contributed by atoms with Crippen LogP contribution in [0.1, 0.15) is 0 Å². The number of anilines is 6. The van der Waals surface area contributed by atoms with Gasteiger partial charge in [-0.15, -0.1) is 0 Å². The first kappa shape index (κ1) is 37.1. The largest absolute Gasteiger partial charge is 0.308 e. The molecular formula is C56H41ClN2Si.